The van der Waals surface area contributed by atoms with Crippen molar-refractivity contribution in [2.45, 2.75) is 19.5 Å². The highest BCUT2D eigenvalue weighted by Crippen LogP contribution is 2.11. The van der Waals surface area contributed by atoms with Gasteiger partial charge in [-0.15, -0.1) is 5.10 Å². The zero-order valence-electron chi connectivity index (χ0n) is 11.2. The molecule has 0 aromatic carbocycles. The number of fused-ring (bicyclic) bond motifs is 1. The second kappa shape index (κ2) is 5.34. The molecule has 0 aliphatic carbocycles. The highest BCUT2D eigenvalue weighted by molar-refractivity contribution is 5.35. The fourth-order valence-electron chi connectivity index (χ4n) is 2.14. The molecule has 20 heavy (non-hydrogen) atoms. The van der Waals surface area contributed by atoms with Crippen molar-refractivity contribution >= 4 is 5.65 Å². The van der Waals surface area contributed by atoms with Gasteiger partial charge in [0.1, 0.15) is 5.76 Å². The van der Waals surface area contributed by atoms with Gasteiger partial charge in [0.25, 0.3) is 0 Å². The van der Waals surface area contributed by atoms with Gasteiger partial charge in [0, 0.05) is 12.7 Å². The number of hydrogen-bond acceptors (Lipinski definition) is 4. The van der Waals surface area contributed by atoms with Gasteiger partial charge in [0.15, 0.2) is 5.65 Å². The van der Waals surface area contributed by atoms with E-state index in [1.54, 1.807) is 12.5 Å². The molecule has 6 nitrogen and oxygen atoms in total. The third-order valence-corrected chi connectivity index (χ3v) is 3.23. The molecule has 0 aliphatic rings. The summed E-state index contributed by atoms with van der Waals surface area (Å²) in [4.78, 5) is 12.0. The Bertz CT molecular complexity index is 742. The summed E-state index contributed by atoms with van der Waals surface area (Å²) in [6, 6.07) is 9.39. The van der Waals surface area contributed by atoms with Crippen molar-refractivity contribution in [3.63, 3.8) is 0 Å². The molecule has 0 spiro atoms. The molecule has 1 N–H and O–H groups in total. The average Bonchev–Trinajstić information content (AvgIpc) is 3.09. The molecule has 6 heteroatoms. The fraction of sp³-hybridized carbons (Fsp3) is 0.286. The van der Waals surface area contributed by atoms with Crippen molar-refractivity contribution < 1.29 is 4.42 Å². The summed E-state index contributed by atoms with van der Waals surface area (Å²) in [6.07, 6.45) is 3.38. The van der Waals surface area contributed by atoms with Crippen LogP contribution < -0.4 is 11.0 Å². The standard InChI is InChI=1S/C14H16N4O2/c1-11(12-5-4-10-20-12)15-7-9-18-14(19)17-8-3-2-6-13(17)16-18/h2-6,8,10-11,15H,7,9H2,1H3. The summed E-state index contributed by atoms with van der Waals surface area (Å²) >= 11 is 0. The lowest BCUT2D eigenvalue weighted by Crippen LogP contribution is -2.28. The molecule has 3 heterocycles. The lowest BCUT2D eigenvalue weighted by molar-refractivity contribution is 0.417. The van der Waals surface area contributed by atoms with Gasteiger partial charge in [-0.25, -0.2) is 9.48 Å². The van der Waals surface area contributed by atoms with Crippen molar-refractivity contribution in [2.24, 2.45) is 0 Å². The molecule has 0 radical (unpaired) electrons. The van der Waals surface area contributed by atoms with Gasteiger partial charge in [-0.2, -0.15) is 0 Å². The maximum absolute atomic E-state index is 12.0. The third-order valence-electron chi connectivity index (χ3n) is 3.23. The van der Waals surface area contributed by atoms with Crippen LogP contribution in [-0.4, -0.2) is 20.7 Å². The van der Waals surface area contributed by atoms with Crippen molar-refractivity contribution in [3.8, 4) is 0 Å². The van der Waals surface area contributed by atoms with E-state index in [2.05, 4.69) is 10.4 Å². The van der Waals surface area contributed by atoms with E-state index in [-0.39, 0.29) is 11.7 Å². The van der Waals surface area contributed by atoms with Gasteiger partial charge in [-0.05, 0) is 31.2 Å². The molecule has 1 unspecified atom stereocenters. The number of furan rings is 1. The van der Waals surface area contributed by atoms with Gasteiger partial charge >= 0.3 is 5.69 Å². The molecule has 3 rings (SSSR count). The van der Waals surface area contributed by atoms with Crippen LogP contribution in [-0.2, 0) is 6.54 Å². The fourth-order valence-corrected chi connectivity index (χ4v) is 2.14. The van der Waals surface area contributed by atoms with Crippen LogP contribution in [0.15, 0.2) is 52.0 Å². The number of nitrogens with zero attached hydrogens (tertiary/aromatic N) is 3. The first kappa shape index (κ1) is 12.7. The minimum Gasteiger partial charge on any atom is -0.468 e. The summed E-state index contributed by atoms with van der Waals surface area (Å²) in [7, 11) is 0. The van der Waals surface area contributed by atoms with Crippen molar-refractivity contribution in [1.82, 2.24) is 19.5 Å². The number of nitrogens with one attached hydrogen (secondary N) is 1. The Morgan fingerprint density at radius 1 is 1.35 bits per heavy atom. The Balaban J connectivity index is 1.66. The quantitative estimate of drug-likeness (QED) is 0.763. The first-order chi connectivity index (χ1) is 9.75. The van der Waals surface area contributed by atoms with Crippen LogP contribution in [0.3, 0.4) is 0 Å². The Labute approximate surface area is 115 Å². The molecule has 3 aromatic heterocycles. The van der Waals surface area contributed by atoms with E-state index in [0.29, 0.717) is 18.7 Å². The second-order valence-corrected chi connectivity index (χ2v) is 4.63. The Kier molecular flexibility index (Phi) is 3.39. The van der Waals surface area contributed by atoms with E-state index in [9.17, 15) is 4.79 Å². The molecule has 104 valence electrons. The Morgan fingerprint density at radius 3 is 3.00 bits per heavy atom. The first-order valence-electron chi connectivity index (χ1n) is 6.57. The molecule has 1 atom stereocenters. The Morgan fingerprint density at radius 2 is 2.25 bits per heavy atom. The largest absolute Gasteiger partial charge is 0.468 e. The van der Waals surface area contributed by atoms with Gasteiger partial charge < -0.3 is 9.73 Å². The zero-order valence-corrected chi connectivity index (χ0v) is 11.2. The summed E-state index contributed by atoms with van der Waals surface area (Å²) in [5.41, 5.74) is 0.546. The normalized spacial score (nSPS) is 12.8. The average molecular weight is 272 g/mol. The summed E-state index contributed by atoms with van der Waals surface area (Å²) < 4.78 is 8.33. The van der Waals surface area contributed by atoms with E-state index in [1.807, 2.05) is 37.3 Å². The van der Waals surface area contributed by atoms with E-state index >= 15 is 0 Å². The van der Waals surface area contributed by atoms with E-state index in [4.69, 9.17) is 4.42 Å². The molecule has 0 saturated heterocycles. The number of rotatable bonds is 5. The lowest BCUT2D eigenvalue weighted by atomic mass is 10.2. The monoisotopic (exact) mass is 272 g/mol. The van der Waals surface area contributed by atoms with Crippen molar-refractivity contribution in [3.05, 3.63) is 59.0 Å². The highest BCUT2D eigenvalue weighted by atomic mass is 16.3. The van der Waals surface area contributed by atoms with Crippen LogP contribution in [0.1, 0.15) is 18.7 Å². The van der Waals surface area contributed by atoms with E-state index in [0.717, 1.165) is 5.76 Å². The zero-order chi connectivity index (χ0) is 13.9. The van der Waals surface area contributed by atoms with Crippen LogP contribution in [0.4, 0.5) is 0 Å². The summed E-state index contributed by atoms with van der Waals surface area (Å²) in [6.45, 7) is 3.18. The van der Waals surface area contributed by atoms with Gasteiger partial charge in [-0.1, -0.05) is 6.07 Å². The highest BCUT2D eigenvalue weighted by Gasteiger charge is 2.09. The summed E-state index contributed by atoms with van der Waals surface area (Å²) in [5.74, 6) is 0.882. The van der Waals surface area contributed by atoms with Crippen LogP contribution in [0.2, 0.25) is 0 Å². The van der Waals surface area contributed by atoms with E-state index in [1.165, 1.54) is 9.08 Å². The van der Waals surface area contributed by atoms with E-state index < -0.39 is 0 Å². The van der Waals surface area contributed by atoms with Crippen LogP contribution in [0.25, 0.3) is 5.65 Å². The second-order valence-electron chi connectivity index (χ2n) is 4.63. The first-order valence-corrected chi connectivity index (χ1v) is 6.57. The molecular weight excluding hydrogens is 256 g/mol. The predicted octanol–water partition coefficient (Wildman–Crippen LogP) is 1.44. The SMILES string of the molecule is CC(NCCn1nc2ccccn2c1=O)c1ccco1. The summed E-state index contributed by atoms with van der Waals surface area (Å²) in [5, 5.41) is 7.58. The van der Waals surface area contributed by atoms with Gasteiger partial charge in [-0.3, -0.25) is 4.40 Å². The minimum atomic E-state index is -0.118. The molecule has 0 amide bonds. The Hall–Kier alpha value is -2.34. The van der Waals surface area contributed by atoms with Crippen LogP contribution in [0.5, 0.6) is 0 Å². The smallest absolute Gasteiger partial charge is 0.350 e. The maximum Gasteiger partial charge on any atom is 0.350 e. The predicted molar refractivity (Wildman–Crippen MR) is 74.6 cm³/mol. The molecule has 0 aliphatic heterocycles. The van der Waals surface area contributed by atoms with Crippen molar-refractivity contribution in [2.75, 3.05) is 6.54 Å². The molecule has 0 fully saturated rings. The maximum atomic E-state index is 12.0. The molecule has 0 bridgehead atoms. The minimum absolute atomic E-state index is 0.109. The molecule has 3 aromatic rings. The molecular formula is C14H16N4O2. The molecule has 0 saturated carbocycles. The van der Waals surface area contributed by atoms with Crippen LogP contribution >= 0.6 is 0 Å². The van der Waals surface area contributed by atoms with Gasteiger partial charge in [0.05, 0.1) is 18.8 Å². The topological polar surface area (TPSA) is 64.5 Å². The lowest BCUT2D eigenvalue weighted by Gasteiger charge is -2.10. The van der Waals surface area contributed by atoms with Gasteiger partial charge in [0.2, 0.25) is 0 Å². The third kappa shape index (κ3) is 2.37. The number of aromatic nitrogens is 3. The van der Waals surface area contributed by atoms with Crippen molar-refractivity contribution in [1.29, 1.82) is 0 Å². The number of hydrogen-bond donors (Lipinski definition) is 1. The van der Waals surface area contributed by atoms with Crippen LogP contribution in [0, 0.1) is 0 Å². The number of pyridine rings is 1.